The fraction of sp³-hybridized carbons (Fsp3) is 0.617. The Kier molecular flexibility index (Phi) is 24.0. The predicted octanol–water partition coefficient (Wildman–Crippen LogP) is 8.74. The average Bonchev–Trinajstić information content (AvgIpc) is 2.70. The van der Waals surface area contributed by atoms with Gasteiger partial charge in [-0.3, -0.25) is 15.0 Å². The Labute approximate surface area is 511 Å². The Balaban J connectivity index is 0.000000189. The summed E-state index contributed by atoms with van der Waals surface area (Å²) in [7, 11) is -10.7. The van der Waals surface area contributed by atoms with Crippen LogP contribution in [0, 0.1) is 0 Å². The van der Waals surface area contributed by atoms with E-state index in [9.17, 15) is 34.8 Å². The normalized spacial score (nSPS) is 18.0. The maximum atomic E-state index is 13.2. The Morgan fingerprint density at radius 1 is 0.459 bits per heavy atom. The molecule has 0 aromatic heterocycles. The number of nitrogens with one attached hydrogen (secondary N) is 1. The van der Waals surface area contributed by atoms with Crippen molar-refractivity contribution in [1.29, 1.82) is 0 Å². The van der Waals surface area contributed by atoms with Crippen molar-refractivity contribution < 1.29 is 44.3 Å². The van der Waals surface area contributed by atoms with Crippen molar-refractivity contribution in [2.75, 3.05) is 111 Å². The quantitative estimate of drug-likeness (QED) is 0.211. The third-order valence-corrected chi connectivity index (χ3v) is 20.8. The minimum absolute atomic E-state index is 0.200. The van der Waals surface area contributed by atoms with E-state index in [0.29, 0.717) is 110 Å². The molecular formula is C60H93N11O10S4. The number of nitrogens with zero attached hydrogens (tertiary/aromatic N) is 10. The first-order valence-corrected chi connectivity index (χ1v) is 35.2. The van der Waals surface area contributed by atoms with Crippen LogP contribution in [0.25, 0.3) is 0 Å². The van der Waals surface area contributed by atoms with Gasteiger partial charge in [0, 0.05) is 65.4 Å². The van der Waals surface area contributed by atoms with E-state index >= 15 is 0 Å². The Morgan fingerprint density at radius 2 is 0.788 bits per heavy atom. The SMILES string of the molecule is CC(C)(C)OC(=O)N1CCNCC1.CC(C)c1ccc(S(=O)(=O)N2CCN=C2N2CCCCC2)cc1.CC(C)c1ccc(S(=O)(=O)N2CCN=C2N2CCN(C(=O)OC(C)(C)C)CC2)cc1.CSC1=NCCN1S(=O)(=O)c1ccc(C(C)C)cc1. The number of likely N-dealkylation sites (tertiary alicyclic amines) is 1. The van der Waals surface area contributed by atoms with Crippen LogP contribution in [0.4, 0.5) is 9.59 Å². The smallest absolute Gasteiger partial charge is 0.410 e. The van der Waals surface area contributed by atoms with Crippen molar-refractivity contribution in [1.82, 2.24) is 37.8 Å². The molecule has 3 aromatic rings. The van der Waals surface area contributed by atoms with E-state index in [4.69, 9.17) is 9.47 Å². The number of piperazine rings is 2. The summed E-state index contributed by atoms with van der Waals surface area (Å²) in [6, 6.07) is 21.4. The Morgan fingerprint density at radius 3 is 1.14 bits per heavy atom. The Bertz CT molecular complexity index is 3120. The molecule has 0 spiro atoms. The molecule has 0 saturated carbocycles. The van der Waals surface area contributed by atoms with Crippen molar-refractivity contribution in [3.8, 4) is 0 Å². The largest absolute Gasteiger partial charge is 0.444 e. The second-order valence-corrected chi connectivity index (χ2v) is 30.7. The number of benzene rings is 3. The molecule has 3 saturated heterocycles. The lowest BCUT2D eigenvalue weighted by Crippen LogP contribution is -2.55. The summed E-state index contributed by atoms with van der Waals surface area (Å²) in [6.45, 7) is 33.4. The number of piperidine rings is 1. The van der Waals surface area contributed by atoms with Crippen molar-refractivity contribution in [2.45, 2.75) is 146 Å². The number of sulfonamides is 3. The molecule has 0 radical (unpaired) electrons. The van der Waals surface area contributed by atoms with E-state index in [2.05, 4.69) is 66.7 Å². The van der Waals surface area contributed by atoms with Crippen LogP contribution in [0.15, 0.2) is 102 Å². The first kappa shape index (κ1) is 68.5. The highest BCUT2D eigenvalue weighted by Gasteiger charge is 2.38. The Hall–Kier alpha value is -5.63. The molecule has 6 aliphatic rings. The number of rotatable bonds is 9. The van der Waals surface area contributed by atoms with Crippen LogP contribution in [-0.2, 0) is 39.5 Å². The van der Waals surface area contributed by atoms with Crippen LogP contribution in [0.3, 0.4) is 0 Å². The van der Waals surface area contributed by atoms with Gasteiger partial charge >= 0.3 is 12.2 Å². The molecule has 1 N–H and O–H groups in total. The summed E-state index contributed by atoms with van der Waals surface area (Å²) in [4.78, 5) is 45.3. The van der Waals surface area contributed by atoms with Gasteiger partial charge in [-0.2, -0.15) is 0 Å². The minimum atomic E-state index is -3.68. The van der Waals surface area contributed by atoms with Gasteiger partial charge in [-0.05, 0) is 138 Å². The molecule has 0 bridgehead atoms. The molecule has 25 heteroatoms. The maximum Gasteiger partial charge on any atom is 0.410 e. The molecule has 6 aliphatic heterocycles. The number of hydrogen-bond acceptors (Lipinski definition) is 17. The molecule has 9 rings (SSSR count). The molecule has 85 heavy (non-hydrogen) atoms. The van der Waals surface area contributed by atoms with Gasteiger partial charge in [0.25, 0.3) is 30.1 Å². The molecule has 0 aliphatic carbocycles. The van der Waals surface area contributed by atoms with Gasteiger partial charge in [-0.25, -0.2) is 47.8 Å². The van der Waals surface area contributed by atoms with Crippen LogP contribution >= 0.6 is 11.8 Å². The van der Waals surface area contributed by atoms with E-state index in [-0.39, 0.29) is 22.7 Å². The second kappa shape index (κ2) is 29.8. The predicted molar refractivity (Wildman–Crippen MR) is 339 cm³/mol. The third-order valence-electron chi connectivity index (χ3n) is 14.5. The second-order valence-electron chi connectivity index (χ2n) is 24.4. The number of ether oxygens (including phenoxy) is 2. The van der Waals surface area contributed by atoms with Gasteiger partial charge in [0.2, 0.25) is 11.9 Å². The molecule has 0 unspecified atom stereocenters. The lowest BCUT2D eigenvalue weighted by atomic mass is 10.0. The van der Waals surface area contributed by atoms with E-state index in [1.165, 1.54) is 31.1 Å². The summed E-state index contributed by atoms with van der Waals surface area (Å²) in [5.41, 5.74) is 2.46. The lowest BCUT2D eigenvalue weighted by Gasteiger charge is -2.38. The summed E-state index contributed by atoms with van der Waals surface area (Å²) < 4.78 is 92.4. The van der Waals surface area contributed by atoms with Gasteiger partial charge in [0.15, 0.2) is 5.17 Å². The van der Waals surface area contributed by atoms with Gasteiger partial charge < -0.3 is 34.4 Å². The number of aliphatic imine (C=N–C) groups is 3. The third kappa shape index (κ3) is 18.7. The highest BCUT2D eigenvalue weighted by molar-refractivity contribution is 8.14. The van der Waals surface area contributed by atoms with Crippen LogP contribution < -0.4 is 5.32 Å². The first-order chi connectivity index (χ1) is 39.9. The fourth-order valence-corrected chi connectivity index (χ4v) is 15.0. The molecule has 0 atom stereocenters. The standard InChI is InChI=1S/C21H32N4O4S.C17H25N3O2S.C13H18N2O2S2.C9H18N2O2/c1-16(2)17-6-8-18(9-7-17)30(27,28)25-11-10-22-19(25)23-12-14-24(15-13-23)20(26)29-21(3,4)5;1-14(2)15-6-8-16(9-7-15)23(21,22)20-13-10-18-17(20)19-11-4-3-5-12-19;1-10(2)11-4-6-12(7-5-11)19(16,17)15-9-8-14-13(15)18-3;1-9(2,3)13-8(12)11-6-4-10-5-7-11/h6-9,16H,10-15H2,1-5H3;6-9,14H,3-5,10-13H2,1-2H3;4-7,10H,8-9H2,1-3H3;10H,4-7H2,1-3H3. The van der Waals surface area contributed by atoms with Gasteiger partial charge in [0.05, 0.1) is 54.0 Å². The maximum absolute atomic E-state index is 13.2. The molecule has 2 amide bonds. The number of amides is 2. The lowest BCUT2D eigenvalue weighted by molar-refractivity contribution is 0.0181. The molecule has 3 aromatic carbocycles. The number of amidine groups is 1. The summed E-state index contributed by atoms with van der Waals surface area (Å²) in [5.74, 6) is 2.23. The van der Waals surface area contributed by atoms with Crippen molar-refractivity contribution in [3.63, 3.8) is 0 Å². The zero-order chi connectivity index (χ0) is 62.5. The van der Waals surface area contributed by atoms with Crippen LogP contribution in [0.5, 0.6) is 0 Å². The molecule has 6 heterocycles. The van der Waals surface area contributed by atoms with E-state index < -0.39 is 35.7 Å². The van der Waals surface area contributed by atoms with Crippen molar-refractivity contribution in [2.24, 2.45) is 15.0 Å². The summed E-state index contributed by atoms with van der Waals surface area (Å²) >= 11 is 1.37. The topological polar surface area (TPSA) is 227 Å². The van der Waals surface area contributed by atoms with Crippen molar-refractivity contribution >= 4 is 71.1 Å². The average molecular weight is 1260 g/mol. The number of guanidine groups is 2. The number of thioether (sulfide) groups is 1. The van der Waals surface area contributed by atoms with Gasteiger partial charge in [-0.15, -0.1) is 0 Å². The summed E-state index contributed by atoms with van der Waals surface area (Å²) in [6.07, 6.45) is 4.73. The van der Waals surface area contributed by atoms with Gasteiger partial charge in [0.1, 0.15) is 11.2 Å². The van der Waals surface area contributed by atoms with E-state index in [1.54, 1.807) is 46.2 Å². The zero-order valence-corrected chi connectivity index (χ0v) is 55.5. The number of carbonyl (C=O) groups excluding carboxylic acids is 2. The molecule has 21 nitrogen and oxygen atoms in total. The monoisotopic (exact) mass is 1260 g/mol. The number of carbonyl (C=O) groups is 2. The van der Waals surface area contributed by atoms with Gasteiger partial charge in [-0.1, -0.05) is 89.7 Å². The first-order valence-electron chi connectivity index (χ1n) is 29.7. The fourth-order valence-electron chi connectivity index (χ4n) is 9.75. The van der Waals surface area contributed by atoms with Crippen LogP contribution in [0.1, 0.15) is 137 Å². The molecular weight excluding hydrogens is 1160 g/mol. The minimum Gasteiger partial charge on any atom is -0.444 e. The molecule has 472 valence electrons. The number of hydrogen-bond donors (Lipinski definition) is 1. The highest BCUT2D eigenvalue weighted by atomic mass is 32.2. The van der Waals surface area contributed by atoms with E-state index in [0.717, 1.165) is 68.8 Å². The van der Waals surface area contributed by atoms with Crippen LogP contribution in [0.2, 0.25) is 0 Å². The zero-order valence-electron chi connectivity index (χ0n) is 52.3. The molecule has 3 fully saturated rings. The van der Waals surface area contributed by atoms with Crippen LogP contribution in [-0.4, -0.2) is 209 Å². The highest BCUT2D eigenvalue weighted by Crippen LogP contribution is 2.28. The van der Waals surface area contributed by atoms with E-state index in [1.807, 2.05) is 89.1 Å². The van der Waals surface area contributed by atoms with Crippen molar-refractivity contribution in [3.05, 3.63) is 89.5 Å². The summed E-state index contributed by atoms with van der Waals surface area (Å²) in [5, 5.41) is 3.76.